The van der Waals surface area contributed by atoms with E-state index in [9.17, 15) is 14.5 Å². The zero-order chi connectivity index (χ0) is 15.6. The highest BCUT2D eigenvalue weighted by Gasteiger charge is 2.15. The van der Waals surface area contributed by atoms with Crippen molar-refractivity contribution >= 4 is 43.2 Å². The van der Waals surface area contributed by atoms with Gasteiger partial charge in [0.1, 0.15) is 5.82 Å². The highest BCUT2D eigenvalue weighted by Crippen LogP contribution is 2.31. The third-order valence-electron chi connectivity index (χ3n) is 2.96. The Balaban J connectivity index is 2.25. The molecule has 110 valence electrons. The van der Waals surface area contributed by atoms with Gasteiger partial charge in [-0.3, -0.25) is 10.1 Å². The Labute approximate surface area is 137 Å². The molecule has 0 bridgehead atoms. The zero-order valence-corrected chi connectivity index (χ0v) is 14.1. The van der Waals surface area contributed by atoms with Crippen molar-refractivity contribution in [3.05, 3.63) is 66.8 Å². The van der Waals surface area contributed by atoms with Crippen LogP contribution < -0.4 is 5.32 Å². The SMILES string of the molecule is CC(Nc1ccc(Br)c([N+](=O)[O-])c1)c1ccc(F)cc1Br. The third kappa shape index (κ3) is 3.79. The molecule has 0 radical (unpaired) electrons. The van der Waals surface area contributed by atoms with Gasteiger partial charge in [0.15, 0.2) is 0 Å². The maximum atomic E-state index is 13.1. The Morgan fingerprint density at radius 2 is 1.90 bits per heavy atom. The minimum atomic E-state index is -0.451. The maximum absolute atomic E-state index is 13.1. The van der Waals surface area contributed by atoms with Crippen LogP contribution in [0.15, 0.2) is 45.3 Å². The lowest BCUT2D eigenvalue weighted by Gasteiger charge is -2.17. The van der Waals surface area contributed by atoms with Gasteiger partial charge in [0.25, 0.3) is 5.69 Å². The summed E-state index contributed by atoms with van der Waals surface area (Å²) in [4.78, 5) is 10.5. The molecule has 1 N–H and O–H groups in total. The van der Waals surface area contributed by atoms with Gasteiger partial charge < -0.3 is 5.32 Å². The molecule has 0 aromatic heterocycles. The number of hydrogen-bond acceptors (Lipinski definition) is 3. The molecular weight excluding hydrogens is 407 g/mol. The fourth-order valence-electron chi connectivity index (χ4n) is 1.92. The molecule has 1 unspecified atom stereocenters. The van der Waals surface area contributed by atoms with E-state index in [-0.39, 0.29) is 17.5 Å². The van der Waals surface area contributed by atoms with E-state index in [4.69, 9.17) is 0 Å². The van der Waals surface area contributed by atoms with Gasteiger partial charge >= 0.3 is 0 Å². The molecule has 0 fully saturated rings. The largest absolute Gasteiger partial charge is 0.378 e. The molecule has 2 rings (SSSR count). The standard InChI is InChI=1S/C14H11Br2FN2O2/c1-8(11-4-2-9(17)6-13(11)16)18-10-3-5-12(15)14(7-10)19(20)21/h2-8,18H,1H3. The van der Waals surface area contributed by atoms with E-state index < -0.39 is 4.92 Å². The lowest BCUT2D eigenvalue weighted by Crippen LogP contribution is -2.07. The second kappa shape index (κ2) is 6.53. The minimum absolute atomic E-state index is 0.00891. The molecule has 2 aromatic rings. The Kier molecular flexibility index (Phi) is 4.95. The van der Waals surface area contributed by atoms with Gasteiger partial charge in [-0.05, 0) is 52.7 Å². The van der Waals surface area contributed by atoms with Crippen molar-refractivity contribution < 1.29 is 9.31 Å². The van der Waals surface area contributed by atoms with Gasteiger partial charge in [-0.25, -0.2) is 4.39 Å². The minimum Gasteiger partial charge on any atom is -0.378 e. The van der Waals surface area contributed by atoms with Gasteiger partial charge in [-0.2, -0.15) is 0 Å². The number of anilines is 1. The molecule has 0 heterocycles. The van der Waals surface area contributed by atoms with Crippen molar-refractivity contribution in [1.29, 1.82) is 0 Å². The topological polar surface area (TPSA) is 55.2 Å². The van der Waals surface area contributed by atoms with Crippen LogP contribution in [0.5, 0.6) is 0 Å². The van der Waals surface area contributed by atoms with Gasteiger partial charge in [-0.1, -0.05) is 22.0 Å². The predicted molar refractivity (Wildman–Crippen MR) is 86.9 cm³/mol. The number of benzene rings is 2. The van der Waals surface area contributed by atoms with Crippen LogP contribution in [0.2, 0.25) is 0 Å². The van der Waals surface area contributed by atoms with E-state index in [2.05, 4.69) is 37.2 Å². The van der Waals surface area contributed by atoms with Gasteiger partial charge in [0, 0.05) is 22.3 Å². The summed E-state index contributed by atoms with van der Waals surface area (Å²) in [5.74, 6) is -0.322. The average Bonchev–Trinajstić information content (AvgIpc) is 2.40. The number of rotatable bonds is 4. The Morgan fingerprint density at radius 3 is 2.52 bits per heavy atom. The van der Waals surface area contributed by atoms with E-state index in [1.165, 1.54) is 18.2 Å². The van der Waals surface area contributed by atoms with Crippen molar-refractivity contribution in [2.45, 2.75) is 13.0 Å². The molecule has 0 spiro atoms. The van der Waals surface area contributed by atoms with Crippen LogP contribution in [0, 0.1) is 15.9 Å². The lowest BCUT2D eigenvalue weighted by atomic mass is 10.1. The van der Waals surface area contributed by atoms with Crippen molar-refractivity contribution in [3.8, 4) is 0 Å². The van der Waals surface area contributed by atoms with Gasteiger partial charge in [0.05, 0.1) is 9.40 Å². The first-order chi connectivity index (χ1) is 9.88. The summed E-state index contributed by atoms with van der Waals surface area (Å²) in [6.07, 6.45) is 0. The van der Waals surface area contributed by atoms with Crippen LogP contribution in [-0.4, -0.2) is 4.92 Å². The first kappa shape index (κ1) is 15.9. The number of nitrogens with zero attached hydrogens (tertiary/aromatic N) is 1. The molecule has 21 heavy (non-hydrogen) atoms. The zero-order valence-electron chi connectivity index (χ0n) is 10.9. The molecule has 2 aromatic carbocycles. The van der Waals surface area contributed by atoms with E-state index >= 15 is 0 Å². The fourth-order valence-corrected chi connectivity index (χ4v) is 3.01. The number of nitro benzene ring substituents is 1. The summed E-state index contributed by atoms with van der Waals surface area (Å²) >= 11 is 6.46. The Bertz CT molecular complexity index is 695. The van der Waals surface area contributed by atoms with Crippen LogP contribution in [0.3, 0.4) is 0 Å². The van der Waals surface area contributed by atoms with Crippen LogP contribution in [-0.2, 0) is 0 Å². The van der Waals surface area contributed by atoms with E-state index in [0.717, 1.165) is 5.56 Å². The first-order valence-electron chi connectivity index (χ1n) is 6.04. The van der Waals surface area contributed by atoms with Crippen LogP contribution in [0.4, 0.5) is 15.8 Å². The lowest BCUT2D eigenvalue weighted by molar-refractivity contribution is -0.385. The average molecular weight is 418 g/mol. The molecule has 0 aliphatic heterocycles. The van der Waals surface area contributed by atoms with Crippen molar-refractivity contribution in [2.75, 3.05) is 5.32 Å². The predicted octanol–water partition coefficient (Wildman–Crippen LogP) is 5.43. The van der Waals surface area contributed by atoms with Crippen molar-refractivity contribution in [1.82, 2.24) is 0 Å². The van der Waals surface area contributed by atoms with Gasteiger partial charge in [-0.15, -0.1) is 0 Å². The number of nitro groups is 1. The summed E-state index contributed by atoms with van der Waals surface area (Å²) in [6.45, 7) is 1.89. The Hall–Kier alpha value is -1.47. The summed E-state index contributed by atoms with van der Waals surface area (Å²) in [5.41, 5.74) is 1.47. The van der Waals surface area contributed by atoms with Crippen LogP contribution in [0.25, 0.3) is 0 Å². The normalized spacial score (nSPS) is 12.0. The first-order valence-corrected chi connectivity index (χ1v) is 7.62. The highest BCUT2D eigenvalue weighted by atomic mass is 79.9. The smallest absolute Gasteiger partial charge is 0.285 e. The fraction of sp³-hybridized carbons (Fsp3) is 0.143. The second-order valence-electron chi connectivity index (χ2n) is 4.46. The molecular formula is C14H11Br2FN2O2. The number of nitrogens with one attached hydrogen (secondary N) is 1. The monoisotopic (exact) mass is 416 g/mol. The number of halogens is 3. The molecule has 0 aliphatic rings. The molecule has 0 saturated carbocycles. The molecule has 1 atom stereocenters. The van der Waals surface area contributed by atoms with Gasteiger partial charge in [0.2, 0.25) is 0 Å². The van der Waals surface area contributed by atoms with E-state index in [1.54, 1.807) is 18.2 Å². The highest BCUT2D eigenvalue weighted by molar-refractivity contribution is 9.10. The number of hydrogen-bond donors (Lipinski definition) is 1. The quantitative estimate of drug-likeness (QED) is 0.532. The van der Waals surface area contributed by atoms with Crippen LogP contribution >= 0.6 is 31.9 Å². The van der Waals surface area contributed by atoms with E-state index in [1.807, 2.05) is 6.92 Å². The second-order valence-corrected chi connectivity index (χ2v) is 6.16. The Morgan fingerprint density at radius 1 is 1.19 bits per heavy atom. The molecule has 0 aliphatic carbocycles. The molecule has 7 heteroatoms. The third-order valence-corrected chi connectivity index (χ3v) is 4.31. The molecule has 0 saturated heterocycles. The van der Waals surface area contributed by atoms with Crippen molar-refractivity contribution in [3.63, 3.8) is 0 Å². The van der Waals surface area contributed by atoms with Crippen molar-refractivity contribution in [2.24, 2.45) is 0 Å². The van der Waals surface area contributed by atoms with E-state index in [0.29, 0.717) is 14.6 Å². The molecule has 4 nitrogen and oxygen atoms in total. The summed E-state index contributed by atoms with van der Waals surface area (Å²) in [5, 5.41) is 14.1. The molecule has 0 amide bonds. The summed E-state index contributed by atoms with van der Waals surface area (Å²) in [7, 11) is 0. The maximum Gasteiger partial charge on any atom is 0.285 e. The van der Waals surface area contributed by atoms with Crippen LogP contribution in [0.1, 0.15) is 18.5 Å². The summed E-state index contributed by atoms with van der Waals surface area (Å²) < 4.78 is 14.2. The summed E-state index contributed by atoms with van der Waals surface area (Å²) in [6, 6.07) is 9.11.